The predicted molar refractivity (Wildman–Crippen MR) is 131 cm³/mol. The lowest BCUT2D eigenvalue weighted by Gasteiger charge is -2.40. The Bertz CT molecular complexity index is 995. The van der Waals surface area contributed by atoms with E-state index < -0.39 is 0 Å². The fraction of sp³-hybridized carbons (Fsp3) is 0.536. The summed E-state index contributed by atoms with van der Waals surface area (Å²) in [5.41, 5.74) is 4.10. The maximum absolute atomic E-state index is 12.1. The van der Waals surface area contributed by atoms with Gasteiger partial charge in [0.15, 0.2) is 5.78 Å². The maximum atomic E-state index is 12.1. The molecule has 0 N–H and O–H groups in total. The van der Waals surface area contributed by atoms with Gasteiger partial charge in [0, 0.05) is 18.0 Å². The Labute approximate surface area is 197 Å². The standard InChI is InChI=1S/C28H34ClNO2/c1-3-27(31)23-8-6-21(17-25(23)29)20-7-9-28(32-2)24(16-20)19-10-12-30(13-11-19)26-15-18-4-5-22(26)14-18/h6-9,16-19,22,26H,3-5,10-15H2,1-2H3/t18-,22-,26?/m0/s1. The third-order valence-corrected chi connectivity index (χ3v) is 8.61. The van der Waals surface area contributed by atoms with Crippen molar-refractivity contribution in [2.75, 3.05) is 20.2 Å². The molecule has 1 aliphatic heterocycles. The third kappa shape index (κ3) is 4.10. The van der Waals surface area contributed by atoms with Crippen LogP contribution in [0.25, 0.3) is 11.1 Å². The molecule has 170 valence electrons. The predicted octanol–water partition coefficient (Wildman–Crippen LogP) is 6.98. The zero-order chi connectivity index (χ0) is 22.2. The van der Waals surface area contributed by atoms with Gasteiger partial charge in [-0.3, -0.25) is 4.79 Å². The van der Waals surface area contributed by atoms with Gasteiger partial charge in [0.1, 0.15) is 5.75 Å². The molecular formula is C28H34ClNO2. The summed E-state index contributed by atoms with van der Waals surface area (Å²) in [6.45, 7) is 4.27. The van der Waals surface area contributed by atoms with Crippen LogP contribution in [-0.4, -0.2) is 36.9 Å². The molecule has 3 fully saturated rings. The van der Waals surface area contributed by atoms with E-state index in [4.69, 9.17) is 16.3 Å². The average molecular weight is 452 g/mol. The average Bonchev–Trinajstić information content (AvgIpc) is 3.47. The largest absolute Gasteiger partial charge is 0.496 e. The lowest BCUT2D eigenvalue weighted by Crippen LogP contribution is -2.43. The molecule has 3 atom stereocenters. The van der Waals surface area contributed by atoms with E-state index in [-0.39, 0.29) is 5.78 Å². The van der Waals surface area contributed by atoms with Crippen LogP contribution in [0, 0.1) is 11.8 Å². The van der Waals surface area contributed by atoms with E-state index in [1.807, 2.05) is 25.1 Å². The summed E-state index contributed by atoms with van der Waals surface area (Å²) in [4.78, 5) is 14.9. The molecule has 3 aliphatic rings. The lowest BCUT2D eigenvalue weighted by atomic mass is 9.85. The minimum atomic E-state index is 0.0826. The first-order valence-corrected chi connectivity index (χ1v) is 12.7. The molecule has 3 nitrogen and oxygen atoms in total. The van der Waals surface area contributed by atoms with Crippen LogP contribution in [-0.2, 0) is 0 Å². The molecule has 1 unspecified atom stereocenters. The molecule has 2 saturated carbocycles. The number of benzene rings is 2. The molecule has 0 spiro atoms. The van der Waals surface area contributed by atoms with E-state index in [0.29, 0.717) is 22.9 Å². The first kappa shape index (κ1) is 22.0. The minimum absolute atomic E-state index is 0.0826. The zero-order valence-electron chi connectivity index (χ0n) is 19.3. The Morgan fingerprint density at radius 1 is 1.03 bits per heavy atom. The molecule has 0 amide bonds. The van der Waals surface area contributed by atoms with E-state index in [9.17, 15) is 4.79 Å². The first-order valence-electron chi connectivity index (χ1n) is 12.3. The molecule has 2 aromatic carbocycles. The van der Waals surface area contributed by atoms with Crippen molar-refractivity contribution in [3.05, 3.63) is 52.5 Å². The minimum Gasteiger partial charge on any atom is -0.496 e. The molecule has 0 aromatic heterocycles. The van der Waals surface area contributed by atoms with Crippen LogP contribution in [0.3, 0.4) is 0 Å². The van der Waals surface area contributed by atoms with Gasteiger partial charge in [-0.1, -0.05) is 37.1 Å². The number of ketones is 1. The van der Waals surface area contributed by atoms with Gasteiger partial charge in [-0.25, -0.2) is 0 Å². The lowest BCUT2D eigenvalue weighted by molar-refractivity contribution is 0.0988. The smallest absolute Gasteiger partial charge is 0.164 e. The number of carbonyl (C=O) groups excluding carboxylic acids is 1. The Balaban J connectivity index is 1.34. The highest BCUT2D eigenvalue weighted by Crippen LogP contribution is 2.48. The highest BCUT2D eigenvalue weighted by molar-refractivity contribution is 6.34. The van der Waals surface area contributed by atoms with E-state index in [1.165, 1.54) is 57.2 Å². The number of Topliss-reactive ketones (excluding diaryl/α,β-unsaturated/α-hetero) is 1. The summed E-state index contributed by atoms with van der Waals surface area (Å²) in [6, 6.07) is 13.1. The first-order chi connectivity index (χ1) is 15.6. The van der Waals surface area contributed by atoms with Gasteiger partial charge in [-0.05, 0) is 104 Å². The summed E-state index contributed by atoms with van der Waals surface area (Å²) >= 11 is 6.45. The number of methoxy groups -OCH3 is 1. The van der Waals surface area contributed by atoms with Crippen LogP contribution in [0.5, 0.6) is 5.75 Å². The summed E-state index contributed by atoms with van der Waals surface area (Å²) in [5.74, 6) is 3.55. The van der Waals surface area contributed by atoms with E-state index in [2.05, 4.69) is 23.1 Å². The number of halogens is 1. The van der Waals surface area contributed by atoms with Crippen LogP contribution in [0.15, 0.2) is 36.4 Å². The molecular weight excluding hydrogens is 418 g/mol. The summed E-state index contributed by atoms with van der Waals surface area (Å²) in [6.07, 6.45) is 8.69. The van der Waals surface area contributed by atoms with Gasteiger partial charge in [0.05, 0.1) is 12.1 Å². The molecule has 1 heterocycles. The Hall–Kier alpha value is -1.84. The normalized spacial score (nSPS) is 25.9. The van der Waals surface area contributed by atoms with Gasteiger partial charge < -0.3 is 9.64 Å². The number of piperidine rings is 1. The van der Waals surface area contributed by atoms with Crippen LogP contribution >= 0.6 is 11.6 Å². The number of rotatable bonds is 6. The van der Waals surface area contributed by atoms with Crippen molar-refractivity contribution in [2.24, 2.45) is 11.8 Å². The van der Waals surface area contributed by atoms with Crippen molar-refractivity contribution in [2.45, 2.75) is 63.8 Å². The van der Waals surface area contributed by atoms with Gasteiger partial charge in [0.25, 0.3) is 0 Å². The zero-order valence-corrected chi connectivity index (χ0v) is 20.0. The second-order valence-electron chi connectivity index (χ2n) is 9.98. The molecule has 2 aliphatic carbocycles. The number of hydrogen-bond acceptors (Lipinski definition) is 3. The van der Waals surface area contributed by atoms with E-state index in [1.54, 1.807) is 7.11 Å². The Morgan fingerprint density at radius 3 is 2.41 bits per heavy atom. The topological polar surface area (TPSA) is 29.5 Å². The fourth-order valence-corrected chi connectivity index (χ4v) is 6.83. The molecule has 2 aromatic rings. The van der Waals surface area contributed by atoms with Crippen molar-refractivity contribution in [3.63, 3.8) is 0 Å². The van der Waals surface area contributed by atoms with Gasteiger partial charge >= 0.3 is 0 Å². The maximum Gasteiger partial charge on any atom is 0.164 e. The number of likely N-dealkylation sites (tertiary alicyclic amines) is 1. The molecule has 32 heavy (non-hydrogen) atoms. The SMILES string of the molecule is CCC(=O)c1ccc(-c2ccc(OC)c(C3CCN(C4C[C@H]5CC[C@H]4C5)CC3)c2)cc1Cl. The number of carbonyl (C=O) groups is 1. The van der Waals surface area contributed by atoms with Crippen molar-refractivity contribution in [3.8, 4) is 16.9 Å². The van der Waals surface area contributed by atoms with Crippen LogP contribution in [0.1, 0.15) is 73.7 Å². The molecule has 0 radical (unpaired) electrons. The van der Waals surface area contributed by atoms with Crippen molar-refractivity contribution in [1.82, 2.24) is 4.90 Å². The summed E-state index contributed by atoms with van der Waals surface area (Å²) in [7, 11) is 1.77. The van der Waals surface area contributed by atoms with Crippen LogP contribution in [0.4, 0.5) is 0 Å². The van der Waals surface area contributed by atoms with Crippen molar-refractivity contribution >= 4 is 17.4 Å². The highest BCUT2D eigenvalue weighted by atomic mass is 35.5. The molecule has 2 bridgehead atoms. The van der Waals surface area contributed by atoms with E-state index in [0.717, 1.165) is 34.8 Å². The summed E-state index contributed by atoms with van der Waals surface area (Å²) in [5, 5.41) is 0.533. The number of fused-ring (bicyclic) bond motifs is 2. The van der Waals surface area contributed by atoms with Crippen LogP contribution in [0.2, 0.25) is 5.02 Å². The molecule has 5 rings (SSSR count). The fourth-order valence-electron chi connectivity index (χ4n) is 6.54. The van der Waals surface area contributed by atoms with Crippen LogP contribution < -0.4 is 4.74 Å². The monoisotopic (exact) mass is 451 g/mol. The molecule has 1 saturated heterocycles. The summed E-state index contributed by atoms with van der Waals surface area (Å²) < 4.78 is 5.76. The van der Waals surface area contributed by atoms with Gasteiger partial charge in [-0.2, -0.15) is 0 Å². The van der Waals surface area contributed by atoms with Crippen molar-refractivity contribution < 1.29 is 9.53 Å². The number of nitrogens with zero attached hydrogens (tertiary/aromatic N) is 1. The second kappa shape index (κ2) is 9.19. The Morgan fingerprint density at radius 2 is 1.78 bits per heavy atom. The Kier molecular flexibility index (Phi) is 6.31. The van der Waals surface area contributed by atoms with E-state index >= 15 is 0 Å². The van der Waals surface area contributed by atoms with Gasteiger partial charge in [0.2, 0.25) is 0 Å². The highest BCUT2D eigenvalue weighted by Gasteiger charge is 2.43. The quantitative estimate of drug-likeness (QED) is 0.444. The molecule has 4 heteroatoms. The third-order valence-electron chi connectivity index (χ3n) is 8.29. The van der Waals surface area contributed by atoms with Gasteiger partial charge in [-0.15, -0.1) is 0 Å². The number of ether oxygens (including phenoxy) is 1. The number of hydrogen-bond donors (Lipinski definition) is 0. The van der Waals surface area contributed by atoms with Crippen molar-refractivity contribution in [1.29, 1.82) is 0 Å². The second-order valence-corrected chi connectivity index (χ2v) is 10.4.